The number of benzene rings is 1. The highest BCUT2D eigenvalue weighted by molar-refractivity contribution is 5.54. The summed E-state index contributed by atoms with van der Waals surface area (Å²) >= 11 is 0. The Morgan fingerprint density at radius 2 is 1.90 bits per heavy atom. The van der Waals surface area contributed by atoms with Gasteiger partial charge in [0.05, 0.1) is 0 Å². The van der Waals surface area contributed by atoms with Crippen LogP contribution in [-0.2, 0) is 6.54 Å². The van der Waals surface area contributed by atoms with E-state index in [1.165, 1.54) is 5.56 Å². The minimum atomic E-state index is 0.333. The van der Waals surface area contributed by atoms with Crippen molar-refractivity contribution in [2.45, 2.75) is 25.3 Å². The van der Waals surface area contributed by atoms with Gasteiger partial charge in [0, 0.05) is 55.9 Å². The fraction of sp³-hybridized carbons (Fsp3) is 0.273. The molecule has 0 N–H and O–H groups in total. The third-order valence-electron chi connectivity index (χ3n) is 5.36. The molecule has 0 bridgehead atoms. The molecule has 146 valence electrons. The first kappa shape index (κ1) is 17.6. The third kappa shape index (κ3) is 3.76. The second-order valence-electron chi connectivity index (χ2n) is 7.32. The van der Waals surface area contributed by atoms with Gasteiger partial charge in [0.2, 0.25) is 0 Å². The zero-order valence-electron chi connectivity index (χ0n) is 16.1. The van der Waals surface area contributed by atoms with E-state index >= 15 is 0 Å². The maximum absolute atomic E-state index is 5.50. The van der Waals surface area contributed by atoms with Crippen LogP contribution in [0, 0.1) is 0 Å². The number of anilines is 1. The van der Waals surface area contributed by atoms with Gasteiger partial charge in [0.25, 0.3) is 11.8 Å². The number of hydrogen-bond donors (Lipinski definition) is 0. The first-order chi connectivity index (χ1) is 14.4. The van der Waals surface area contributed by atoms with Crippen LogP contribution in [0.4, 0.5) is 5.95 Å². The molecule has 0 unspecified atom stereocenters. The van der Waals surface area contributed by atoms with Gasteiger partial charge in [-0.1, -0.05) is 18.2 Å². The smallest absolute Gasteiger partial charge is 0.266 e. The van der Waals surface area contributed by atoms with E-state index in [2.05, 4.69) is 35.8 Å². The van der Waals surface area contributed by atoms with Gasteiger partial charge in [-0.2, -0.15) is 4.98 Å². The van der Waals surface area contributed by atoms with Crippen LogP contribution >= 0.6 is 0 Å². The first-order valence-corrected chi connectivity index (χ1v) is 9.91. The molecular weight excluding hydrogens is 364 g/mol. The molecule has 0 aliphatic carbocycles. The molecule has 5 rings (SSSR count). The molecule has 7 heteroatoms. The SMILES string of the molecule is c1ccc(-c2nc(N3CCC[C@@H](c4nccn4Cc4ccncc4)C3)no2)cc1. The van der Waals surface area contributed by atoms with Crippen molar-refractivity contribution in [2.24, 2.45) is 0 Å². The molecular formula is C22H22N6O. The van der Waals surface area contributed by atoms with Crippen molar-refractivity contribution in [1.29, 1.82) is 0 Å². The van der Waals surface area contributed by atoms with Gasteiger partial charge >= 0.3 is 0 Å². The van der Waals surface area contributed by atoms with Crippen molar-refractivity contribution in [1.82, 2.24) is 24.7 Å². The Morgan fingerprint density at radius 1 is 1.03 bits per heavy atom. The van der Waals surface area contributed by atoms with Crippen molar-refractivity contribution in [3.8, 4) is 11.5 Å². The summed E-state index contributed by atoms with van der Waals surface area (Å²) < 4.78 is 7.73. The quantitative estimate of drug-likeness (QED) is 0.520. The fourth-order valence-electron chi connectivity index (χ4n) is 3.91. The van der Waals surface area contributed by atoms with E-state index in [0.717, 1.165) is 43.9 Å². The molecule has 4 aromatic rings. The molecule has 1 aromatic carbocycles. The number of pyridine rings is 1. The van der Waals surface area contributed by atoms with Crippen LogP contribution in [0.3, 0.4) is 0 Å². The molecule has 1 atom stereocenters. The van der Waals surface area contributed by atoms with Gasteiger partial charge in [-0.25, -0.2) is 4.98 Å². The van der Waals surface area contributed by atoms with Crippen LogP contribution in [0.15, 0.2) is 71.8 Å². The van der Waals surface area contributed by atoms with Crippen LogP contribution in [-0.4, -0.2) is 37.8 Å². The molecule has 0 amide bonds. The Morgan fingerprint density at radius 3 is 2.76 bits per heavy atom. The molecule has 0 spiro atoms. The summed E-state index contributed by atoms with van der Waals surface area (Å²) in [6.45, 7) is 2.56. The Balaban J connectivity index is 1.33. The lowest BCUT2D eigenvalue weighted by Gasteiger charge is -2.31. The Labute approximate surface area is 169 Å². The largest absolute Gasteiger partial charge is 0.337 e. The highest BCUT2D eigenvalue weighted by Crippen LogP contribution is 2.29. The lowest BCUT2D eigenvalue weighted by Crippen LogP contribution is -2.36. The van der Waals surface area contributed by atoms with Crippen molar-refractivity contribution < 1.29 is 4.52 Å². The van der Waals surface area contributed by atoms with Crippen molar-refractivity contribution >= 4 is 5.95 Å². The number of piperidine rings is 1. The average Bonchev–Trinajstić information content (AvgIpc) is 3.45. The molecule has 29 heavy (non-hydrogen) atoms. The number of rotatable bonds is 5. The predicted octanol–water partition coefficient (Wildman–Crippen LogP) is 3.76. The van der Waals surface area contributed by atoms with Crippen molar-refractivity contribution in [3.63, 3.8) is 0 Å². The topological polar surface area (TPSA) is 72.9 Å². The normalized spacial score (nSPS) is 16.8. The van der Waals surface area contributed by atoms with E-state index in [0.29, 0.717) is 17.8 Å². The molecule has 3 aromatic heterocycles. The van der Waals surface area contributed by atoms with Gasteiger partial charge in [-0.05, 0) is 47.8 Å². The molecule has 0 radical (unpaired) electrons. The summed E-state index contributed by atoms with van der Waals surface area (Å²) in [6, 6.07) is 14.0. The van der Waals surface area contributed by atoms with E-state index in [4.69, 9.17) is 4.52 Å². The highest BCUT2D eigenvalue weighted by Gasteiger charge is 2.27. The maximum Gasteiger partial charge on any atom is 0.266 e. The maximum atomic E-state index is 5.50. The summed E-state index contributed by atoms with van der Waals surface area (Å²) in [4.78, 5) is 15.6. The van der Waals surface area contributed by atoms with E-state index < -0.39 is 0 Å². The zero-order chi connectivity index (χ0) is 19.5. The Bertz CT molecular complexity index is 1060. The Hall–Kier alpha value is -3.48. The molecule has 7 nitrogen and oxygen atoms in total. The summed E-state index contributed by atoms with van der Waals surface area (Å²) in [5.41, 5.74) is 2.16. The minimum absolute atomic E-state index is 0.333. The van der Waals surface area contributed by atoms with E-state index in [9.17, 15) is 0 Å². The number of nitrogens with zero attached hydrogens (tertiary/aromatic N) is 6. The fourth-order valence-corrected chi connectivity index (χ4v) is 3.91. The van der Waals surface area contributed by atoms with Crippen LogP contribution in [0.25, 0.3) is 11.5 Å². The first-order valence-electron chi connectivity index (χ1n) is 9.91. The number of hydrogen-bond acceptors (Lipinski definition) is 6. The number of imidazole rings is 1. The molecule has 4 heterocycles. The molecule has 1 aliphatic rings. The van der Waals surface area contributed by atoms with E-state index in [1.807, 2.05) is 61.1 Å². The lowest BCUT2D eigenvalue weighted by atomic mass is 9.97. The standard InChI is InChI=1S/C22H22N6O/c1-2-5-18(6-3-1)21-25-22(26-29-21)28-13-4-7-19(16-28)20-24-12-14-27(20)15-17-8-10-23-11-9-17/h1-3,5-6,8-12,14,19H,4,7,13,15-16H2/t19-/m1/s1. The second kappa shape index (κ2) is 7.87. The van der Waals surface area contributed by atoms with Crippen LogP contribution in [0.5, 0.6) is 0 Å². The third-order valence-corrected chi connectivity index (χ3v) is 5.36. The van der Waals surface area contributed by atoms with Gasteiger partial charge in [0.1, 0.15) is 5.82 Å². The monoisotopic (exact) mass is 386 g/mol. The predicted molar refractivity (Wildman–Crippen MR) is 109 cm³/mol. The van der Waals surface area contributed by atoms with E-state index in [1.54, 1.807) is 0 Å². The van der Waals surface area contributed by atoms with Crippen LogP contribution in [0.2, 0.25) is 0 Å². The van der Waals surface area contributed by atoms with Gasteiger partial charge in [-0.3, -0.25) is 4.98 Å². The summed E-state index contributed by atoms with van der Waals surface area (Å²) in [5, 5.41) is 4.23. The summed E-state index contributed by atoms with van der Waals surface area (Å²) in [5.74, 6) is 2.65. The van der Waals surface area contributed by atoms with E-state index in [-0.39, 0.29) is 0 Å². The highest BCUT2D eigenvalue weighted by atomic mass is 16.5. The van der Waals surface area contributed by atoms with Crippen molar-refractivity contribution in [3.05, 3.63) is 78.6 Å². The summed E-state index contributed by atoms with van der Waals surface area (Å²) in [7, 11) is 0. The van der Waals surface area contributed by atoms with Gasteiger partial charge < -0.3 is 14.0 Å². The molecule has 0 saturated carbocycles. The zero-order valence-corrected chi connectivity index (χ0v) is 16.1. The molecule has 1 saturated heterocycles. The Kier molecular flexibility index (Phi) is 4.78. The lowest BCUT2D eigenvalue weighted by molar-refractivity contribution is 0.420. The van der Waals surface area contributed by atoms with Gasteiger partial charge in [-0.15, -0.1) is 0 Å². The average molecular weight is 386 g/mol. The minimum Gasteiger partial charge on any atom is -0.337 e. The number of aromatic nitrogens is 5. The van der Waals surface area contributed by atoms with Crippen LogP contribution in [0.1, 0.15) is 30.1 Å². The van der Waals surface area contributed by atoms with Crippen molar-refractivity contribution in [2.75, 3.05) is 18.0 Å². The van der Waals surface area contributed by atoms with Crippen LogP contribution < -0.4 is 4.90 Å². The molecule has 1 aliphatic heterocycles. The van der Waals surface area contributed by atoms with Gasteiger partial charge in [0.15, 0.2) is 0 Å². The second-order valence-corrected chi connectivity index (χ2v) is 7.32. The summed E-state index contributed by atoms with van der Waals surface area (Å²) in [6.07, 6.45) is 9.77. The molecule has 1 fully saturated rings.